The molecule has 0 saturated carbocycles. The molecule has 1 amide bonds. The number of halogens is 3. The minimum atomic E-state index is -0.929. The summed E-state index contributed by atoms with van der Waals surface area (Å²) < 4.78 is 27.1. The van der Waals surface area contributed by atoms with E-state index in [-0.39, 0.29) is 4.47 Å². The predicted molar refractivity (Wildman–Crippen MR) is 64.4 cm³/mol. The van der Waals surface area contributed by atoms with Crippen molar-refractivity contribution in [3.63, 3.8) is 0 Å². The van der Waals surface area contributed by atoms with Gasteiger partial charge in [-0.05, 0) is 18.6 Å². The fourth-order valence-electron chi connectivity index (χ4n) is 1.25. The zero-order valence-electron chi connectivity index (χ0n) is 9.06. The Morgan fingerprint density at radius 2 is 2.06 bits per heavy atom. The molecule has 0 aliphatic rings. The molecule has 0 bridgehead atoms. The first-order valence-electron chi connectivity index (χ1n) is 4.91. The van der Waals surface area contributed by atoms with Crippen LogP contribution in [0.5, 0.6) is 0 Å². The Morgan fingerprint density at radius 1 is 1.53 bits per heavy atom. The van der Waals surface area contributed by atoms with E-state index in [4.69, 9.17) is 6.42 Å². The molecule has 0 aliphatic carbocycles. The first kappa shape index (κ1) is 13.7. The molecule has 2 nitrogen and oxygen atoms in total. The van der Waals surface area contributed by atoms with Crippen LogP contribution >= 0.6 is 15.9 Å². The summed E-state index contributed by atoms with van der Waals surface area (Å²) in [7, 11) is 0. The average Bonchev–Trinajstić information content (AvgIpc) is 2.24. The first-order valence-corrected chi connectivity index (χ1v) is 5.70. The van der Waals surface area contributed by atoms with Crippen molar-refractivity contribution in [2.24, 2.45) is 0 Å². The SMILES string of the molecule is C#CC(CC)NC(=O)c1c(F)cc(Br)cc1F. The smallest absolute Gasteiger partial charge is 0.258 e. The summed E-state index contributed by atoms with van der Waals surface area (Å²) in [4.78, 5) is 11.6. The Kier molecular flexibility index (Phi) is 4.64. The molecular formula is C12H10BrF2NO. The molecular weight excluding hydrogens is 292 g/mol. The molecule has 1 aromatic carbocycles. The zero-order valence-corrected chi connectivity index (χ0v) is 10.6. The minimum absolute atomic E-state index is 0.230. The van der Waals surface area contributed by atoms with Gasteiger partial charge in [-0.15, -0.1) is 6.42 Å². The van der Waals surface area contributed by atoms with Crippen LogP contribution in [0.25, 0.3) is 0 Å². The Hall–Kier alpha value is -1.41. The van der Waals surface area contributed by atoms with Crippen molar-refractivity contribution >= 4 is 21.8 Å². The van der Waals surface area contributed by atoms with Gasteiger partial charge in [0.25, 0.3) is 5.91 Å². The maximum atomic E-state index is 13.4. The number of rotatable bonds is 3. The molecule has 0 radical (unpaired) electrons. The van der Waals surface area contributed by atoms with Crippen LogP contribution in [-0.4, -0.2) is 11.9 Å². The molecule has 90 valence electrons. The van der Waals surface area contributed by atoms with Crippen molar-refractivity contribution in [3.8, 4) is 12.3 Å². The van der Waals surface area contributed by atoms with E-state index in [0.29, 0.717) is 6.42 Å². The molecule has 0 fully saturated rings. The number of hydrogen-bond donors (Lipinski definition) is 1. The van der Waals surface area contributed by atoms with Crippen LogP contribution in [0.2, 0.25) is 0 Å². The van der Waals surface area contributed by atoms with Gasteiger partial charge in [0, 0.05) is 4.47 Å². The molecule has 0 aromatic heterocycles. The summed E-state index contributed by atoms with van der Waals surface area (Å²) in [5, 5.41) is 2.36. The predicted octanol–water partition coefficient (Wildman–Crippen LogP) is 2.87. The van der Waals surface area contributed by atoms with E-state index < -0.39 is 29.1 Å². The van der Waals surface area contributed by atoms with Gasteiger partial charge in [0.15, 0.2) is 0 Å². The summed E-state index contributed by atoms with van der Waals surface area (Å²) in [5.74, 6) is -0.392. The van der Waals surface area contributed by atoms with Crippen molar-refractivity contribution in [1.29, 1.82) is 0 Å². The van der Waals surface area contributed by atoms with Gasteiger partial charge >= 0.3 is 0 Å². The highest BCUT2D eigenvalue weighted by Gasteiger charge is 2.19. The fourth-order valence-corrected chi connectivity index (χ4v) is 1.65. The van der Waals surface area contributed by atoms with E-state index in [0.717, 1.165) is 12.1 Å². The first-order chi connectivity index (χ1) is 7.99. The van der Waals surface area contributed by atoms with Crippen LogP contribution in [0.15, 0.2) is 16.6 Å². The van der Waals surface area contributed by atoms with E-state index in [1.807, 2.05) is 0 Å². The lowest BCUT2D eigenvalue weighted by Crippen LogP contribution is -2.34. The summed E-state index contributed by atoms with van der Waals surface area (Å²) in [6.45, 7) is 1.76. The van der Waals surface area contributed by atoms with Gasteiger partial charge in [-0.3, -0.25) is 4.79 Å². The Bertz CT molecular complexity index is 459. The summed E-state index contributed by atoms with van der Waals surface area (Å²) >= 11 is 2.93. The molecule has 5 heteroatoms. The largest absolute Gasteiger partial charge is 0.338 e. The van der Waals surface area contributed by atoms with Gasteiger partial charge < -0.3 is 5.32 Å². The number of carbonyl (C=O) groups excluding carboxylic acids is 1. The number of terminal acetylenes is 1. The second-order valence-electron chi connectivity index (χ2n) is 3.35. The standard InChI is InChI=1S/C12H10BrF2NO/c1-3-8(4-2)16-12(17)11-9(14)5-7(13)6-10(11)15/h1,5-6,8H,4H2,2H3,(H,16,17). The van der Waals surface area contributed by atoms with E-state index in [9.17, 15) is 13.6 Å². The summed E-state index contributed by atoms with van der Waals surface area (Å²) in [6.07, 6.45) is 5.64. The minimum Gasteiger partial charge on any atom is -0.338 e. The molecule has 0 heterocycles. The summed E-state index contributed by atoms with van der Waals surface area (Å²) in [6, 6.07) is 1.51. The Balaban J connectivity index is 3.02. The third-order valence-electron chi connectivity index (χ3n) is 2.15. The molecule has 1 aromatic rings. The van der Waals surface area contributed by atoms with Crippen LogP contribution < -0.4 is 5.32 Å². The number of amides is 1. The molecule has 1 unspecified atom stereocenters. The highest BCUT2D eigenvalue weighted by Crippen LogP contribution is 2.19. The average molecular weight is 302 g/mol. The van der Waals surface area contributed by atoms with Gasteiger partial charge in [0.1, 0.15) is 17.2 Å². The van der Waals surface area contributed by atoms with E-state index >= 15 is 0 Å². The van der Waals surface area contributed by atoms with Gasteiger partial charge in [0.2, 0.25) is 0 Å². The molecule has 1 atom stereocenters. The highest BCUT2D eigenvalue weighted by molar-refractivity contribution is 9.10. The molecule has 0 saturated heterocycles. The van der Waals surface area contributed by atoms with Crippen molar-refractivity contribution < 1.29 is 13.6 Å². The van der Waals surface area contributed by atoms with Crippen molar-refractivity contribution in [2.45, 2.75) is 19.4 Å². The van der Waals surface area contributed by atoms with Crippen LogP contribution in [0.1, 0.15) is 23.7 Å². The lowest BCUT2D eigenvalue weighted by atomic mass is 10.1. The zero-order chi connectivity index (χ0) is 13.0. The van der Waals surface area contributed by atoms with Crippen LogP contribution in [0.3, 0.4) is 0 Å². The van der Waals surface area contributed by atoms with Crippen LogP contribution in [0.4, 0.5) is 8.78 Å². The molecule has 1 rings (SSSR count). The fraction of sp³-hybridized carbons (Fsp3) is 0.250. The van der Waals surface area contributed by atoms with Crippen molar-refractivity contribution in [1.82, 2.24) is 5.32 Å². The summed E-state index contributed by atoms with van der Waals surface area (Å²) in [5.41, 5.74) is -0.623. The van der Waals surface area contributed by atoms with Gasteiger partial charge in [-0.25, -0.2) is 8.78 Å². The number of benzene rings is 1. The number of hydrogen-bond acceptors (Lipinski definition) is 1. The third kappa shape index (κ3) is 3.27. The maximum Gasteiger partial charge on any atom is 0.258 e. The van der Waals surface area contributed by atoms with Crippen molar-refractivity contribution in [2.75, 3.05) is 0 Å². The third-order valence-corrected chi connectivity index (χ3v) is 2.61. The molecule has 0 spiro atoms. The molecule has 0 aliphatic heterocycles. The quantitative estimate of drug-likeness (QED) is 0.855. The molecule has 1 N–H and O–H groups in total. The van der Waals surface area contributed by atoms with Gasteiger partial charge in [-0.1, -0.05) is 28.8 Å². The lowest BCUT2D eigenvalue weighted by Gasteiger charge is -2.11. The van der Waals surface area contributed by atoms with Crippen LogP contribution in [0, 0.1) is 24.0 Å². The normalized spacial score (nSPS) is 11.7. The second-order valence-corrected chi connectivity index (χ2v) is 4.26. The van der Waals surface area contributed by atoms with Gasteiger partial charge in [0.05, 0.1) is 6.04 Å². The topological polar surface area (TPSA) is 29.1 Å². The van der Waals surface area contributed by atoms with E-state index in [1.165, 1.54) is 0 Å². The second kappa shape index (κ2) is 5.78. The molecule has 17 heavy (non-hydrogen) atoms. The lowest BCUT2D eigenvalue weighted by molar-refractivity contribution is 0.0936. The maximum absolute atomic E-state index is 13.4. The number of carbonyl (C=O) groups is 1. The van der Waals surface area contributed by atoms with Crippen molar-refractivity contribution in [3.05, 3.63) is 33.8 Å². The van der Waals surface area contributed by atoms with Crippen LogP contribution in [-0.2, 0) is 0 Å². The Labute approximate surface area is 107 Å². The van der Waals surface area contributed by atoms with E-state index in [2.05, 4.69) is 27.2 Å². The Morgan fingerprint density at radius 3 is 2.47 bits per heavy atom. The number of nitrogens with one attached hydrogen (secondary N) is 1. The van der Waals surface area contributed by atoms with E-state index in [1.54, 1.807) is 6.92 Å². The monoisotopic (exact) mass is 301 g/mol. The van der Waals surface area contributed by atoms with Gasteiger partial charge in [-0.2, -0.15) is 0 Å². The highest BCUT2D eigenvalue weighted by atomic mass is 79.9.